The quantitative estimate of drug-likeness (QED) is 0.620. The Kier molecular flexibility index (Phi) is 5.55. The van der Waals surface area contributed by atoms with E-state index in [1.54, 1.807) is 0 Å². The number of hydrogen-bond acceptors (Lipinski definition) is 7. The molecule has 132 valence electrons. The Balaban J connectivity index is 2.47. The summed E-state index contributed by atoms with van der Waals surface area (Å²) in [5, 5.41) is 14.0. The lowest BCUT2D eigenvalue weighted by atomic mass is 10.2. The third-order valence-corrected chi connectivity index (χ3v) is 3.87. The van der Waals surface area contributed by atoms with E-state index in [0.717, 1.165) is 19.4 Å². The Labute approximate surface area is 140 Å². The summed E-state index contributed by atoms with van der Waals surface area (Å²) >= 11 is 0. The van der Waals surface area contributed by atoms with Gasteiger partial charge in [0.15, 0.2) is 0 Å². The van der Waals surface area contributed by atoms with E-state index in [2.05, 4.69) is 15.2 Å². The van der Waals surface area contributed by atoms with Crippen molar-refractivity contribution in [3.8, 4) is 5.88 Å². The minimum Gasteiger partial charge on any atom is -0.479 e. The number of ether oxygens (including phenoxy) is 1. The standard InChI is InChI=1S/C15H23N5O4/c1-10(21)16-12-8-13(20(22)23)14(17-15(12)24-4)19-7-5-6-11(19)9-18(2)3/h8,11H,5-7,9H2,1-4H3,(H,16,21)/t11-/m0/s1. The molecule has 1 aromatic heterocycles. The third kappa shape index (κ3) is 3.91. The molecule has 0 radical (unpaired) electrons. The maximum atomic E-state index is 11.5. The van der Waals surface area contributed by atoms with E-state index in [9.17, 15) is 14.9 Å². The molecule has 0 aromatic carbocycles. The normalized spacial score (nSPS) is 17.2. The second kappa shape index (κ2) is 7.43. The zero-order valence-corrected chi connectivity index (χ0v) is 14.4. The molecule has 0 spiro atoms. The van der Waals surface area contributed by atoms with Crippen LogP contribution in [0.4, 0.5) is 17.2 Å². The Morgan fingerprint density at radius 2 is 2.29 bits per heavy atom. The number of amides is 1. The van der Waals surface area contributed by atoms with Crippen molar-refractivity contribution in [1.29, 1.82) is 0 Å². The van der Waals surface area contributed by atoms with Gasteiger partial charge in [-0.25, -0.2) is 0 Å². The lowest BCUT2D eigenvalue weighted by Crippen LogP contribution is -2.38. The second-order valence-electron chi connectivity index (χ2n) is 6.08. The van der Waals surface area contributed by atoms with Crippen molar-refractivity contribution in [2.75, 3.05) is 44.5 Å². The number of methoxy groups -OCH3 is 1. The first-order chi connectivity index (χ1) is 11.3. The van der Waals surface area contributed by atoms with Crippen molar-refractivity contribution in [2.24, 2.45) is 0 Å². The molecule has 9 nitrogen and oxygen atoms in total. The first kappa shape index (κ1) is 17.9. The minimum atomic E-state index is -0.474. The summed E-state index contributed by atoms with van der Waals surface area (Å²) in [6.07, 6.45) is 1.90. The number of nitrogens with zero attached hydrogens (tertiary/aromatic N) is 4. The zero-order chi connectivity index (χ0) is 17.9. The number of anilines is 2. The van der Waals surface area contributed by atoms with Gasteiger partial charge in [-0.1, -0.05) is 0 Å². The molecule has 0 aliphatic carbocycles. The molecular weight excluding hydrogens is 314 g/mol. The van der Waals surface area contributed by atoms with Crippen LogP contribution in [-0.4, -0.2) is 61.1 Å². The molecule has 1 aliphatic heterocycles. The van der Waals surface area contributed by atoms with E-state index < -0.39 is 4.92 Å². The first-order valence-electron chi connectivity index (χ1n) is 7.76. The van der Waals surface area contributed by atoms with E-state index in [1.165, 1.54) is 20.1 Å². The van der Waals surface area contributed by atoms with E-state index in [0.29, 0.717) is 6.54 Å². The van der Waals surface area contributed by atoms with Gasteiger partial charge < -0.3 is 19.9 Å². The van der Waals surface area contributed by atoms with Gasteiger partial charge in [0.1, 0.15) is 5.69 Å². The number of nitrogens with one attached hydrogen (secondary N) is 1. The fourth-order valence-corrected chi connectivity index (χ4v) is 2.98. The van der Waals surface area contributed by atoms with Crippen LogP contribution in [0.5, 0.6) is 5.88 Å². The number of carbonyl (C=O) groups excluding carboxylic acids is 1. The Hall–Kier alpha value is -2.42. The van der Waals surface area contributed by atoms with Crippen molar-refractivity contribution in [1.82, 2.24) is 9.88 Å². The van der Waals surface area contributed by atoms with Crippen LogP contribution in [-0.2, 0) is 4.79 Å². The number of nitro groups is 1. The maximum Gasteiger partial charge on any atom is 0.313 e. The lowest BCUT2D eigenvalue weighted by molar-refractivity contribution is -0.384. The van der Waals surface area contributed by atoms with Crippen molar-refractivity contribution >= 4 is 23.1 Å². The molecule has 0 bridgehead atoms. The van der Waals surface area contributed by atoms with Crippen molar-refractivity contribution in [3.05, 3.63) is 16.2 Å². The average Bonchev–Trinajstić information content (AvgIpc) is 2.93. The largest absolute Gasteiger partial charge is 0.479 e. The molecule has 1 aliphatic rings. The highest BCUT2D eigenvalue weighted by Crippen LogP contribution is 2.37. The molecule has 1 saturated heterocycles. The minimum absolute atomic E-state index is 0.134. The van der Waals surface area contributed by atoms with Crippen molar-refractivity contribution in [2.45, 2.75) is 25.8 Å². The predicted octanol–water partition coefficient (Wildman–Crippen LogP) is 1.49. The fourth-order valence-electron chi connectivity index (χ4n) is 2.98. The lowest BCUT2D eigenvalue weighted by Gasteiger charge is -2.28. The van der Waals surface area contributed by atoms with E-state index >= 15 is 0 Å². The molecule has 9 heteroatoms. The number of rotatable bonds is 6. The molecule has 2 rings (SSSR count). The van der Waals surface area contributed by atoms with Crippen LogP contribution in [0.15, 0.2) is 6.07 Å². The van der Waals surface area contributed by atoms with Gasteiger partial charge in [0.05, 0.1) is 12.0 Å². The predicted molar refractivity (Wildman–Crippen MR) is 90.7 cm³/mol. The van der Waals surface area contributed by atoms with Gasteiger partial charge in [-0.3, -0.25) is 14.9 Å². The van der Waals surface area contributed by atoms with Crippen LogP contribution < -0.4 is 15.0 Å². The molecule has 0 unspecified atom stereocenters. The molecule has 1 aromatic rings. The third-order valence-electron chi connectivity index (χ3n) is 3.87. The van der Waals surface area contributed by atoms with E-state index in [4.69, 9.17) is 4.74 Å². The van der Waals surface area contributed by atoms with Crippen LogP contribution in [0.1, 0.15) is 19.8 Å². The van der Waals surface area contributed by atoms with Gasteiger partial charge in [0.25, 0.3) is 0 Å². The number of carbonyl (C=O) groups is 1. The van der Waals surface area contributed by atoms with Gasteiger partial charge >= 0.3 is 5.69 Å². The zero-order valence-electron chi connectivity index (χ0n) is 14.4. The molecule has 1 N–H and O–H groups in total. The summed E-state index contributed by atoms with van der Waals surface area (Å²) in [5.41, 5.74) is 0.0639. The smallest absolute Gasteiger partial charge is 0.313 e. The van der Waals surface area contributed by atoms with E-state index in [-0.39, 0.29) is 35.0 Å². The van der Waals surface area contributed by atoms with Crippen LogP contribution >= 0.6 is 0 Å². The van der Waals surface area contributed by atoms with Gasteiger partial charge in [-0.05, 0) is 26.9 Å². The molecule has 1 amide bonds. The Morgan fingerprint density at radius 3 is 2.83 bits per heavy atom. The van der Waals surface area contributed by atoms with Gasteiger partial charge in [-0.15, -0.1) is 0 Å². The number of likely N-dealkylation sites (N-methyl/N-ethyl adjacent to an activating group) is 1. The van der Waals surface area contributed by atoms with Crippen LogP contribution in [0.2, 0.25) is 0 Å². The highest BCUT2D eigenvalue weighted by atomic mass is 16.6. The Bertz CT molecular complexity index is 635. The van der Waals surface area contributed by atoms with Crippen molar-refractivity contribution < 1.29 is 14.5 Å². The molecular formula is C15H23N5O4. The van der Waals surface area contributed by atoms with Crippen molar-refractivity contribution in [3.63, 3.8) is 0 Å². The average molecular weight is 337 g/mol. The molecule has 1 fully saturated rings. The summed E-state index contributed by atoms with van der Waals surface area (Å²) in [4.78, 5) is 30.7. The summed E-state index contributed by atoms with van der Waals surface area (Å²) in [6, 6.07) is 1.47. The van der Waals surface area contributed by atoms with Crippen LogP contribution in [0.3, 0.4) is 0 Å². The highest BCUT2D eigenvalue weighted by Gasteiger charge is 2.33. The number of pyridine rings is 1. The highest BCUT2D eigenvalue weighted by molar-refractivity contribution is 5.91. The SMILES string of the molecule is COc1nc(N2CCC[C@H]2CN(C)C)c([N+](=O)[O-])cc1NC(C)=O. The molecule has 24 heavy (non-hydrogen) atoms. The fraction of sp³-hybridized carbons (Fsp3) is 0.600. The second-order valence-corrected chi connectivity index (χ2v) is 6.08. The first-order valence-corrected chi connectivity index (χ1v) is 7.76. The summed E-state index contributed by atoms with van der Waals surface area (Å²) in [7, 11) is 5.36. The molecule has 1 atom stereocenters. The molecule has 0 saturated carbocycles. The van der Waals surface area contributed by atoms with Crippen LogP contribution in [0.25, 0.3) is 0 Å². The topological polar surface area (TPSA) is 101 Å². The molecule has 2 heterocycles. The van der Waals surface area contributed by atoms with E-state index in [1.807, 2.05) is 19.0 Å². The number of aromatic nitrogens is 1. The summed E-state index contributed by atoms with van der Waals surface area (Å²) in [5.74, 6) is 0.111. The van der Waals surface area contributed by atoms with Gasteiger partial charge in [0.2, 0.25) is 17.6 Å². The summed E-state index contributed by atoms with van der Waals surface area (Å²) in [6.45, 7) is 2.82. The Morgan fingerprint density at radius 1 is 1.58 bits per heavy atom. The summed E-state index contributed by atoms with van der Waals surface area (Å²) < 4.78 is 5.21. The number of hydrogen-bond donors (Lipinski definition) is 1. The maximum absolute atomic E-state index is 11.5. The van der Waals surface area contributed by atoms with Crippen LogP contribution in [0, 0.1) is 10.1 Å². The van der Waals surface area contributed by atoms with Gasteiger partial charge in [-0.2, -0.15) is 4.98 Å². The van der Waals surface area contributed by atoms with Gasteiger partial charge in [0, 0.05) is 32.1 Å². The monoisotopic (exact) mass is 337 g/mol.